The fourth-order valence-corrected chi connectivity index (χ4v) is 5.38. The summed E-state index contributed by atoms with van der Waals surface area (Å²) in [4.78, 5) is 43.5. The zero-order valence-electron chi connectivity index (χ0n) is 14.6. The molecule has 0 spiro atoms. The molecule has 1 aliphatic heterocycles. The third-order valence-corrected chi connectivity index (χ3v) is 6.63. The van der Waals surface area contributed by atoms with Gasteiger partial charge < -0.3 is 0 Å². The minimum absolute atomic E-state index is 0.112. The van der Waals surface area contributed by atoms with E-state index in [9.17, 15) is 19.6 Å². The summed E-state index contributed by atoms with van der Waals surface area (Å²) < 4.78 is 0. The lowest BCUT2D eigenvalue weighted by molar-refractivity contribution is -0.144. The Balaban J connectivity index is 1.51. The van der Waals surface area contributed by atoms with E-state index in [0.29, 0.717) is 5.01 Å². The molecule has 6 nitrogen and oxygen atoms in total. The van der Waals surface area contributed by atoms with Crippen molar-refractivity contribution in [3.05, 3.63) is 28.2 Å². The standard InChI is InChI=1S/C19H19N3O3S/c1-9(2)13-8-26-17(21-13)12(6-20)14(23)7-22-18(24)15-10-3-4-11(5-10)16(15)19(22)25/h3-4,8-12,15-16H,5,7H2,1-2H3/t10-,11-,12+,15+,16+/m0/s1. The number of amides is 2. The van der Waals surface area contributed by atoms with Gasteiger partial charge in [-0.2, -0.15) is 5.26 Å². The molecule has 0 N–H and O–H groups in total. The molecule has 1 aromatic heterocycles. The second-order valence-corrected chi connectivity index (χ2v) is 8.45. The maximum atomic E-state index is 12.7. The summed E-state index contributed by atoms with van der Waals surface area (Å²) in [5.74, 6) is -2.22. The highest BCUT2D eigenvalue weighted by Crippen LogP contribution is 2.52. The molecule has 2 aliphatic carbocycles. The van der Waals surface area contributed by atoms with E-state index in [1.54, 1.807) is 0 Å². The first-order valence-electron chi connectivity index (χ1n) is 8.83. The van der Waals surface area contributed by atoms with Gasteiger partial charge in [-0.05, 0) is 24.2 Å². The van der Waals surface area contributed by atoms with Crippen molar-refractivity contribution >= 4 is 28.9 Å². The van der Waals surface area contributed by atoms with Crippen molar-refractivity contribution < 1.29 is 14.4 Å². The quantitative estimate of drug-likeness (QED) is 0.586. The zero-order chi connectivity index (χ0) is 18.6. The van der Waals surface area contributed by atoms with Crippen LogP contribution < -0.4 is 0 Å². The zero-order valence-corrected chi connectivity index (χ0v) is 15.4. The van der Waals surface area contributed by atoms with Gasteiger partial charge in [-0.3, -0.25) is 19.3 Å². The van der Waals surface area contributed by atoms with Crippen LogP contribution in [0.3, 0.4) is 0 Å². The summed E-state index contributed by atoms with van der Waals surface area (Å²) in [7, 11) is 0. The van der Waals surface area contributed by atoms with E-state index in [0.717, 1.165) is 17.0 Å². The molecule has 1 saturated carbocycles. The number of Topliss-reactive ketones (excluding diaryl/α,β-unsaturated/α-hetero) is 1. The smallest absolute Gasteiger partial charge is 0.234 e. The van der Waals surface area contributed by atoms with Crippen LogP contribution in [0, 0.1) is 35.0 Å². The number of hydrogen-bond donors (Lipinski definition) is 0. The highest BCUT2D eigenvalue weighted by Gasteiger charge is 2.59. The molecular formula is C19H19N3O3S. The Bertz CT molecular complexity index is 836. The molecule has 7 heteroatoms. The van der Waals surface area contributed by atoms with Crippen LogP contribution in [0.15, 0.2) is 17.5 Å². The molecular weight excluding hydrogens is 350 g/mol. The van der Waals surface area contributed by atoms with E-state index >= 15 is 0 Å². The summed E-state index contributed by atoms with van der Waals surface area (Å²) in [6.07, 6.45) is 4.89. The van der Waals surface area contributed by atoms with E-state index in [-0.39, 0.29) is 47.9 Å². The second kappa shape index (κ2) is 6.13. The minimum atomic E-state index is -1.04. The molecule has 0 radical (unpaired) electrons. The second-order valence-electron chi connectivity index (χ2n) is 7.56. The lowest BCUT2D eigenvalue weighted by atomic mass is 9.85. The predicted molar refractivity (Wildman–Crippen MR) is 94.0 cm³/mol. The Morgan fingerprint density at radius 3 is 2.42 bits per heavy atom. The van der Waals surface area contributed by atoms with Crippen molar-refractivity contribution in [2.75, 3.05) is 6.54 Å². The number of imide groups is 1. The maximum Gasteiger partial charge on any atom is 0.234 e. The number of carbonyl (C=O) groups excluding carboxylic acids is 3. The third kappa shape index (κ3) is 2.43. The largest absolute Gasteiger partial charge is 0.296 e. The van der Waals surface area contributed by atoms with Crippen LogP contribution in [-0.4, -0.2) is 34.0 Å². The van der Waals surface area contributed by atoms with Crippen molar-refractivity contribution in [2.45, 2.75) is 32.1 Å². The van der Waals surface area contributed by atoms with Gasteiger partial charge in [0, 0.05) is 5.38 Å². The first kappa shape index (κ1) is 17.1. The summed E-state index contributed by atoms with van der Waals surface area (Å²) in [6.45, 7) is 3.65. The molecule has 2 heterocycles. The lowest BCUT2D eigenvalue weighted by Gasteiger charge is -2.17. The van der Waals surface area contributed by atoms with E-state index < -0.39 is 11.7 Å². The molecule has 4 rings (SSSR count). The van der Waals surface area contributed by atoms with Gasteiger partial charge in [0.05, 0.1) is 30.1 Å². The molecule has 0 unspecified atom stereocenters. The minimum Gasteiger partial charge on any atom is -0.296 e. The fraction of sp³-hybridized carbons (Fsp3) is 0.526. The number of aromatic nitrogens is 1. The number of nitriles is 1. The predicted octanol–water partition coefficient (Wildman–Crippen LogP) is 2.25. The molecule has 134 valence electrons. The molecule has 0 aromatic carbocycles. The molecule has 2 amide bonds. The van der Waals surface area contributed by atoms with Crippen LogP contribution in [0.2, 0.25) is 0 Å². The van der Waals surface area contributed by atoms with Crippen LogP contribution in [0.4, 0.5) is 0 Å². The summed E-state index contributed by atoms with van der Waals surface area (Å²) in [6, 6.07) is 1.99. The van der Waals surface area contributed by atoms with Crippen molar-refractivity contribution in [1.29, 1.82) is 5.26 Å². The van der Waals surface area contributed by atoms with Crippen LogP contribution >= 0.6 is 11.3 Å². The fourth-order valence-electron chi connectivity index (χ4n) is 4.33. The number of likely N-dealkylation sites (tertiary alicyclic amines) is 1. The Morgan fingerprint density at radius 2 is 1.92 bits per heavy atom. The molecule has 1 aromatic rings. The monoisotopic (exact) mass is 369 g/mol. The van der Waals surface area contributed by atoms with Gasteiger partial charge in [-0.25, -0.2) is 4.98 Å². The Hall–Kier alpha value is -2.33. The third-order valence-electron chi connectivity index (χ3n) is 5.70. The van der Waals surface area contributed by atoms with Crippen molar-refractivity contribution in [3.63, 3.8) is 0 Å². The van der Waals surface area contributed by atoms with Gasteiger partial charge in [0.25, 0.3) is 0 Å². The number of fused-ring (bicyclic) bond motifs is 5. The molecule has 26 heavy (non-hydrogen) atoms. The summed E-state index contributed by atoms with van der Waals surface area (Å²) >= 11 is 1.27. The topological polar surface area (TPSA) is 91.1 Å². The van der Waals surface area contributed by atoms with E-state index in [1.165, 1.54) is 11.3 Å². The molecule has 5 atom stereocenters. The molecule has 2 fully saturated rings. The maximum absolute atomic E-state index is 12.7. The number of carbonyl (C=O) groups is 3. The van der Waals surface area contributed by atoms with Gasteiger partial charge in [-0.15, -0.1) is 11.3 Å². The van der Waals surface area contributed by atoms with E-state index in [1.807, 2.05) is 37.4 Å². The normalized spacial score (nSPS) is 30.2. The number of rotatable bonds is 5. The van der Waals surface area contributed by atoms with Gasteiger partial charge in [0.1, 0.15) is 5.01 Å². The van der Waals surface area contributed by atoms with Gasteiger partial charge in [-0.1, -0.05) is 26.0 Å². The highest BCUT2D eigenvalue weighted by atomic mass is 32.1. The van der Waals surface area contributed by atoms with Crippen LogP contribution in [-0.2, 0) is 14.4 Å². The van der Waals surface area contributed by atoms with Gasteiger partial charge in [0.15, 0.2) is 11.7 Å². The number of allylic oxidation sites excluding steroid dienone is 2. The van der Waals surface area contributed by atoms with Crippen LogP contribution in [0.1, 0.15) is 42.8 Å². The average molecular weight is 369 g/mol. The first-order valence-corrected chi connectivity index (χ1v) is 9.71. The average Bonchev–Trinajstić information content (AvgIpc) is 3.36. The Morgan fingerprint density at radius 1 is 1.31 bits per heavy atom. The SMILES string of the molecule is CC(C)c1csc([C@H](C#N)C(=O)CN2C(=O)[C@H]3[C@H](C2=O)[C@H]2C=C[C@H]3C2)n1. The first-order chi connectivity index (χ1) is 12.4. The number of nitrogens with zero attached hydrogens (tertiary/aromatic N) is 3. The van der Waals surface area contributed by atoms with Crippen LogP contribution in [0.25, 0.3) is 0 Å². The summed E-state index contributed by atoms with van der Waals surface area (Å²) in [5, 5.41) is 11.7. The van der Waals surface area contributed by atoms with Crippen molar-refractivity contribution in [3.8, 4) is 6.07 Å². The lowest BCUT2D eigenvalue weighted by Crippen LogP contribution is -2.38. The van der Waals surface area contributed by atoms with Crippen molar-refractivity contribution in [2.24, 2.45) is 23.7 Å². The van der Waals surface area contributed by atoms with Crippen molar-refractivity contribution in [1.82, 2.24) is 9.88 Å². The van der Waals surface area contributed by atoms with Crippen LogP contribution in [0.5, 0.6) is 0 Å². The molecule has 2 bridgehead atoms. The molecule has 1 saturated heterocycles. The Kier molecular flexibility index (Phi) is 4.03. The Labute approximate surface area is 155 Å². The van der Waals surface area contributed by atoms with Gasteiger partial charge in [0.2, 0.25) is 11.8 Å². The number of thiazole rings is 1. The van der Waals surface area contributed by atoms with E-state index in [2.05, 4.69) is 4.98 Å². The highest BCUT2D eigenvalue weighted by molar-refractivity contribution is 7.10. The number of ketones is 1. The van der Waals surface area contributed by atoms with Gasteiger partial charge >= 0.3 is 0 Å². The number of hydrogen-bond acceptors (Lipinski definition) is 6. The van der Waals surface area contributed by atoms with E-state index in [4.69, 9.17) is 0 Å². The summed E-state index contributed by atoms with van der Waals surface area (Å²) in [5.41, 5.74) is 0.837. The molecule has 3 aliphatic rings.